The van der Waals surface area contributed by atoms with Crippen LogP contribution < -0.4 is 4.74 Å². The van der Waals surface area contributed by atoms with Crippen LogP contribution in [0.1, 0.15) is 70.9 Å². The first-order valence-corrected chi connectivity index (χ1v) is 13.8. The Balaban J connectivity index is 0.000000185. The van der Waals surface area contributed by atoms with Crippen LogP contribution in [-0.2, 0) is 9.53 Å². The van der Waals surface area contributed by atoms with Gasteiger partial charge in [-0.05, 0) is 119 Å². The summed E-state index contributed by atoms with van der Waals surface area (Å²) in [5.74, 6) is 4.15. The molecule has 202 valence electrons. The highest BCUT2D eigenvalue weighted by Gasteiger charge is 2.49. The lowest BCUT2D eigenvalue weighted by atomic mass is 9.55. The summed E-state index contributed by atoms with van der Waals surface area (Å²) in [6, 6.07) is 15.1. The Labute approximate surface area is 228 Å². The maximum absolute atomic E-state index is 11.6. The van der Waals surface area contributed by atoms with Crippen LogP contribution in [0.25, 0.3) is 12.2 Å². The van der Waals surface area contributed by atoms with Gasteiger partial charge in [0.25, 0.3) is 0 Å². The van der Waals surface area contributed by atoms with Gasteiger partial charge in [-0.1, -0.05) is 55.1 Å². The van der Waals surface area contributed by atoms with E-state index >= 15 is 0 Å². The largest absolute Gasteiger partial charge is 0.508 e. The fourth-order valence-electron chi connectivity index (χ4n) is 6.21. The van der Waals surface area contributed by atoms with Crippen LogP contribution in [-0.4, -0.2) is 22.8 Å². The second-order valence-corrected chi connectivity index (χ2v) is 12.2. The zero-order valence-corrected chi connectivity index (χ0v) is 23.2. The van der Waals surface area contributed by atoms with Crippen molar-refractivity contribution < 1.29 is 19.4 Å². The van der Waals surface area contributed by atoms with Crippen molar-refractivity contribution in [3.8, 4) is 11.5 Å². The molecule has 4 aliphatic rings. The summed E-state index contributed by atoms with van der Waals surface area (Å²) >= 11 is 0. The normalized spacial score (nSPS) is 25.7. The molecule has 4 heteroatoms. The summed E-state index contributed by atoms with van der Waals surface area (Å²) in [5.41, 5.74) is 2.53. The number of esters is 1. The number of hydrogen-bond donors (Lipinski definition) is 1. The van der Waals surface area contributed by atoms with E-state index in [0.717, 1.165) is 28.7 Å². The van der Waals surface area contributed by atoms with Gasteiger partial charge >= 0.3 is 5.97 Å². The minimum Gasteiger partial charge on any atom is -0.508 e. The van der Waals surface area contributed by atoms with Crippen molar-refractivity contribution in [3.63, 3.8) is 0 Å². The average molecular weight is 515 g/mol. The van der Waals surface area contributed by atoms with E-state index in [1.807, 2.05) is 81.5 Å². The SMILES string of the molecule is C=C(C)C(=O)OC1C2CC3CC(C2)CC1C3.CC(C)(C)Oc1ccc(C=CC=Cc2ccc(O)cc2)cc1. The Morgan fingerprint density at radius 2 is 1.32 bits per heavy atom. The number of aromatic hydroxyl groups is 1. The van der Waals surface area contributed by atoms with Crippen molar-refractivity contribution in [1.29, 1.82) is 0 Å². The Kier molecular flexibility index (Phi) is 8.81. The van der Waals surface area contributed by atoms with E-state index in [0.29, 0.717) is 17.4 Å². The molecule has 0 aromatic heterocycles. The Morgan fingerprint density at radius 1 is 0.842 bits per heavy atom. The molecular weight excluding hydrogens is 472 g/mol. The lowest BCUT2D eigenvalue weighted by Gasteiger charge is -2.53. The van der Waals surface area contributed by atoms with Crippen LogP contribution in [0.2, 0.25) is 0 Å². The van der Waals surface area contributed by atoms with Crippen molar-refractivity contribution in [2.75, 3.05) is 0 Å². The third kappa shape index (κ3) is 7.86. The van der Waals surface area contributed by atoms with E-state index < -0.39 is 0 Å². The van der Waals surface area contributed by atoms with Crippen molar-refractivity contribution >= 4 is 18.1 Å². The first-order chi connectivity index (χ1) is 18.1. The standard InChI is InChI=1S/C20H22O2.C14H20O2/c1-20(2,3)22-19-14-10-17(11-15-19)7-5-4-6-16-8-12-18(21)13-9-16;1-8(2)14(15)16-13-11-4-9-3-10(6-11)7-12(13)5-9/h4-15,21H,1-3H3;9-13H,1,3-7H2,2H3. The number of carbonyl (C=O) groups excluding carboxylic acids is 1. The summed E-state index contributed by atoms with van der Waals surface area (Å²) in [6.07, 6.45) is 14.8. The monoisotopic (exact) mass is 514 g/mol. The molecule has 4 fully saturated rings. The average Bonchev–Trinajstić information content (AvgIpc) is 2.85. The van der Waals surface area contributed by atoms with Crippen LogP contribution in [0, 0.1) is 23.7 Å². The number of allylic oxidation sites excluding steroid dienone is 2. The molecule has 4 saturated carbocycles. The second kappa shape index (κ2) is 12.1. The quantitative estimate of drug-likeness (QED) is 0.240. The molecule has 4 nitrogen and oxygen atoms in total. The number of rotatable bonds is 6. The summed E-state index contributed by atoms with van der Waals surface area (Å²) in [5, 5.41) is 9.22. The molecule has 0 unspecified atom stereocenters. The third-order valence-electron chi connectivity index (χ3n) is 7.62. The minimum absolute atomic E-state index is 0.176. The number of phenols is 1. The van der Waals surface area contributed by atoms with Crippen molar-refractivity contribution in [1.82, 2.24) is 0 Å². The van der Waals surface area contributed by atoms with E-state index in [-0.39, 0.29) is 23.4 Å². The molecule has 0 aliphatic heterocycles. The van der Waals surface area contributed by atoms with Gasteiger partial charge in [0.2, 0.25) is 0 Å². The molecule has 1 N–H and O–H groups in total. The second-order valence-electron chi connectivity index (χ2n) is 12.2. The molecular formula is C34H42O4. The van der Waals surface area contributed by atoms with E-state index in [4.69, 9.17) is 9.47 Å². The van der Waals surface area contributed by atoms with Crippen LogP contribution in [0.15, 0.2) is 72.8 Å². The van der Waals surface area contributed by atoms with Crippen LogP contribution in [0.4, 0.5) is 0 Å². The molecule has 0 saturated heterocycles. The molecule has 4 bridgehead atoms. The molecule has 0 amide bonds. The summed E-state index contributed by atoms with van der Waals surface area (Å²) in [7, 11) is 0. The van der Waals surface area contributed by atoms with Gasteiger partial charge in [0.15, 0.2) is 0 Å². The molecule has 0 radical (unpaired) electrons. The summed E-state index contributed by atoms with van der Waals surface area (Å²) in [6.45, 7) is 11.5. The van der Waals surface area contributed by atoms with Gasteiger partial charge < -0.3 is 14.6 Å². The van der Waals surface area contributed by atoms with Gasteiger partial charge in [-0.3, -0.25) is 0 Å². The molecule has 4 aliphatic carbocycles. The number of ether oxygens (including phenoxy) is 2. The molecule has 0 heterocycles. The van der Waals surface area contributed by atoms with Crippen molar-refractivity contribution in [3.05, 3.63) is 84.0 Å². The Bertz CT molecular complexity index is 1120. The number of phenolic OH excluding ortho intramolecular Hbond substituents is 1. The first kappa shape index (κ1) is 27.8. The van der Waals surface area contributed by atoms with Crippen LogP contribution >= 0.6 is 0 Å². The van der Waals surface area contributed by atoms with Crippen molar-refractivity contribution in [2.24, 2.45) is 23.7 Å². The minimum atomic E-state index is -0.183. The smallest absolute Gasteiger partial charge is 0.333 e. The predicted molar refractivity (Wildman–Crippen MR) is 155 cm³/mol. The maximum Gasteiger partial charge on any atom is 0.333 e. The van der Waals surface area contributed by atoms with E-state index in [2.05, 4.69) is 6.58 Å². The molecule has 0 spiro atoms. The topological polar surface area (TPSA) is 55.8 Å². The number of hydrogen-bond acceptors (Lipinski definition) is 4. The van der Waals surface area contributed by atoms with Crippen LogP contribution in [0.3, 0.4) is 0 Å². The fourth-order valence-corrected chi connectivity index (χ4v) is 6.21. The fraction of sp³-hybridized carbons (Fsp3) is 0.441. The summed E-state index contributed by atoms with van der Waals surface area (Å²) in [4.78, 5) is 11.6. The molecule has 38 heavy (non-hydrogen) atoms. The highest BCUT2D eigenvalue weighted by molar-refractivity contribution is 5.87. The predicted octanol–water partition coefficient (Wildman–Crippen LogP) is 8.23. The first-order valence-electron chi connectivity index (χ1n) is 13.8. The highest BCUT2D eigenvalue weighted by atomic mass is 16.5. The van der Waals surface area contributed by atoms with Gasteiger partial charge in [0.1, 0.15) is 23.2 Å². The lowest BCUT2D eigenvalue weighted by molar-refractivity contribution is -0.166. The van der Waals surface area contributed by atoms with Gasteiger partial charge in [-0.15, -0.1) is 0 Å². The molecule has 2 aromatic carbocycles. The molecule has 6 rings (SSSR count). The van der Waals surface area contributed by atoms with E-state index in [1.54, 1.807) is 19.1 Å². The van der Waals surface area contributed by atoms with Gasteiger partial charge in [-0.2, -0.15) is 0 Å². The molecule has 0 atom stereocenters. The number of carbonyl (C=O) groups is 1. The van der Waals surface area contributed by atoms with E-state index in [1.165, 1.54) is 32.1 Å². The Morgan fingerprint density at radius 3 is 1.76 bits per heavy atom. The lowest BCUT2D eigenvalue weighted by Crippen LogP contribution is -2.50. The highest BCUT2D eigenvalue weighted by Crippen LogP contribution is 2.54. The zero-order chi connectivity index (χ0) is 27.3. The third-order valence-corrected chi connectivity index (χ3v) is 7.62. The van der Waals surface area contributed by atoms with E-state index in [9.17, 15) is 9.90 Å². The number of benzene rings is 2. The zero-order valence-electron chi connectivity index (χ0n) is 23.2. The van der Waals surface area contributed by atoms with Crippen molar-refractivity contribution in [2.45, 2.75) is 71.5 Å². The maximum atomic E-state index is 11.6. The van der Waals surface area contributed by atoms with Gasteiger partial charge in [-0.25, -0.2) is 4.79 Å². The van der Waals surface area contributed by atoms with Gasteiger partial charge in [0, 0.05) is 5.57 Å². The summed E-state index contributed by atoms with van der Waals surface area (Å²) < 4.78 is 11.4. The Hall–Kier alpha value is -3.27. The molecule has 2 aromatic rings. The van der Waals surface area contributed by atoms with Gasteiger partial charge in [0.05, 0.1) is 0 Å². The van der Waals surface area contributed by atoms with Crippen LogP contribution in [0.5, 0.6) is 11.5 Å².